The van der Waals surface area contributed by atoms with Crippen LogP contribution < -0.4 is 0 Å². The second-order valence-electron chi connectivity index (χ2n) is 5.77. The van der Waals surface area contributed by atoms with Gasteiger partial charge in [0, 0.05) is 0 Å². The summed E-state index contributed by atoms with van der Waals surface area (Å²) in [6.07, 6.45) is 2.69. The van der Waals surface area contributed by atoms with E-state index in [-0.39, 0.29) is 11.9 Å². The first-order chi connectivity index (χ1) is 7.68. The molecule has 2 unspecified atom stereocenters. The largest absolute Gasteiger partial charge is 0.388 e. The highest BCUT2D eigenvalue weighted by molar-refractivity contribution is 8.01. The summed E-state index contributed by atoms with van der Waals surface area (Å²) in [5.74, 6) is -0.00722. The first-order valence-electron chi connectivity index (χ1n) is 5.94. The predicted molar refractivity (Wildman–Crippen MR) is 67.8 cm³/mol. The zero-order chi connectivity index (χ0) is 13.1. The maximum absolute atomic E-state index is 12.5. The molecule has 0 bridgehead atoms. The molecule has 17 heavy (non-hydrogen) atoms. The highest BCUT2D eigenvalue weighted by atomic mass is 32.2. The number of fused-ring (bicyclic) bond motifs is 1. The van der Waals surface area contributed by atoms with E-state index in [4.69, 9.17) is 4.74 Å². The van der Waals surface area contributed by atoms with Gasteiger partial charge in [-0.05, 0) is 40.4 Å². The molecular formula is C12H21NO3S. The van der Waals surface area contributed by atoms with Gasteiger partial charge in [0.1, 0.15) is 10.5 Å². The van der Waals surface area contributed by atoms with Crippen molar-refractivity contribution in [3.8, 4) is 0 Å². The summed E-state index contributed by atoms with van der Waals surface area (Å²) in [6.45, 7) is 7.90. The van der Waals surface area contributed by atoms with Gasteiger partial charge >= 0.3 is 0 Å². The van der Waals surface area contributed by atoms with E-state index in [1.54, 1.807) is 18.7 Å². The third-order valence-electron chi connectivity index (χ3n) is 3.98. The standard InChI is InChI=1S/C12H21NO3S/c1-10(2,15)12(17-5)8-6-7-16-11(3,4)13(8)9(12)14/h8,15H,6-7H2,1-5H3. The zero-order valence-corrected chi connectivity index (χ0v) is 11.9. The molecule has 2 fully saturated rings. The number of hydrogen-bond donors (Lipinski definition) is 1. The highest BCUT2D eigenvalue weighted by Gasteiger charge is 2.70. The van der Waals surface area contributed by atoms with E-state index < -0.39 is 16.1 Å². The van der Waals surface area contributed by atoms with E-state index in [0.717, 1.165) is 6.42 Å². The molecule has 2 saturated heterocycles. The quantitative estimate of drug-likeness (QED) is 0.758. The van der Waals surface area contributed by atoms with Crippen LogP contribution in [0.5, 0.6) is 0 Å². The van der Waals surface area contributed by atoms with Crippen LogP contribution in [0.15, 0.2) is 0 Å². The van der Waals surface area contributed by atoms with Crippen molar-refractivity contribution >= 4 is 17.7 Å². The Balaban J connectivity index is 2.39. The second-order valence-corrected chi connectivity index (χ2v) is 6.83. The van der Waals surface area contributed by atoms with Crippen molar-refractivity contribution in [3.05, 3.63) is 0 Å². The minimum Gasteiger partial charge on any atom is -0.388 e. The predicted octanol–water partition coefficient (Wildman–Crippen LogP) is 1.23. The van der Waals surface area contributed by atoms with E-state index in [0.29, 0.717) is 6.61 Å². The van der Waals surface area contributed by atoms with Gasteiger partial charge in [-0.1, -0.05) is 0 Å². The zero-order valence-electron chi connectivity index (χ0n) is 11.1. The number of amides is 1. The van der Waals surface area contributed by atoms with Crippen LogP contribution in [-0.4, -0.2) is 50.9 Å². The molecule has 2 aliphatic rings. The van der Waals surface area contributed by atoms with Gasteiger partial charge in [0.15, 0.2) is 0 Å². The lowest BCUT2D eigenvalue weighted by atomic mass is 9.71. The molecular weight excluding hydrogens is 238 g/mol. The van der Waals surface area contributed by atoms with Gasteiger partial charge in [0.2, 0.25) is 5.91 Å². The summed E-state index contributed by atoms with van der Waals surface area (Å²) < 4.78 is 4.92. The number of hydrogen-bond acceptors (Lipinski definition) is 4. The van der Waals surface area contributed by atoms with Crippen molar-refractivity contribution in [2.75, 3.05) is 12.9 Å². The molecule has 2 heterocycles. The minimum absolute atomic E-state index is 0.00722. The maximum Gasteiger partial charge on any atom is 0.246 e. The number of thioether (sulfide) groups is 1. The molecule has 2 rings (SSSR count). The maximum atomic E-state index is 12.5. The topological polar surface area (TPSA) is 49.8 Å². The van der Waals surface area contributed by atoms with Crippen molar-refractivity contribution in [2.24, 2.45) is 0 Å². The molecule has 2 aliphatic heterocycles. The molecule has 5 heteroatoms. The molecule has 2 atom stereocenters. The van der Waals surface area contributed by atoms with Gasteiger partial charge in [-0.2, -0.15) is 0 Å². The Morgan fingerprint density at radius 3 is 2.59 bits per heavy atom. The Labute approximate surface area is 107 Å². The van der Waals surface area contributed by atoms with Crippen molar-refractivity contribution in [3.63, 3.8) is 0 Å². The van der Waals surface area contributed by atoms with Crippen LogP contribution in [0.3, 0.4) is 0 Å². The molecule has 0 spiro atoms. The first-order valence-corrected chi connectivity index (χ1v) is 7.16. The SMILES string of the molecule is CSC1(C(C)(C)O)C(=O)N2C1CCOC2(C)C. The van der Waals surface area contributed by atoms with Gasteiger partial charge in [-0.25, -0.2) is 0 Å². The molecule has 1 N–H and O–H groups in total. The fraction of sp³-hybridized carbons (Fsp3) is 0.917. The lowest BCUT2D eigenvalue weighted by molar-refractivity contribution is -0.240. The van der Waals surface area contributed by atoms with Crippen molar-refractivity contribution in [1.29, 1.82) is 0 Å². The summed E-state index contributed by atoms with van der Waals surface area (Å²) >= 11 is 1.46. The van der Waals surface area contributed by atoms with Crippen LogP contribution >= 0.6 is 11.8 Å². The highest BCUT2D eigenvalue weighted by Crippen LogP contribution is 2.54. The van der Waals surface area contributed by atoms with Crippen LogP contribution in [0.4, 0.5) is 0 Å². The Morgan fingerprint density at radius 1 is 1.53 bits per heavy atom. The van der Waals surface area contributed by atoms with Crippen LogP contribution in [0.25, 0.3) is 0 Å². The minimum atomic E-state index is -1.02. The summed E-state index contributed by atoms with van der Waals surface area (Å²) in [7, 11) is 0. The molecule has 1 amide bonds. The van der Waals surface area contributed by atoms with E-state index in [2.05, 4.69) is 0 Å². The van der Waals surface area contributed by atoms with Gasteiger partial charge in [0.25, 0.3) is 0 Å². The number of nitrogens with zero attached hydrogens (tertiary/aromatic N) is 1. The van der Waals surface area contributed by atoms with Crippen molar-refractivity contribution < 1.29 is 14.6 Å². The Hall–Kier alpha value is -0.260. The summed E-state index contributed by atoms with van der Waals surface area (Å²) in [5, 5.41) is 10.4. The smallest absolute Gasteiger partial charge is 0.246 e. The van der Waals surface area contributed by atoms with Gasteiger partial charge in [0.05, 0.1) is 18.2 Å². The Bertz CT molecular complexity index is 350. The number of β-lactam (4-membered cyclic amide) rings is 1. The average Bonchev–Trinajstić information content (AvgIpc) is 2.14. The first kappa shape index (κ1) is 13.2. The number of ether oxygens (including phenoxy) is 1. The Kier molecular flexibility index (Phi) is 2.81. The molecule has 0 radical (unpaired) electrons. The number of carbonyl (C=O) groups is 1. The normalized spacial score (nSPS) is 36.5. The summed E-state index contributed by atoms with van der Waals surface area (Å²) in [4.78, 5) is 14.3. The number of rotatable bonds is 2. The van der Waals surface area contributed by atoms with Gasteiger partial charge in [-0.3, -0.25) is 4.79 Å². The Morgan fingerprint density at radius 2 is 2.12 bits per heavy atom. The fourth-order valence-electron chi connectivity index (χ4n) is 3.16. The summed E-state index contributed by atoms with van der Waals surface area (Å²) in [6, 6.07) is 0.0637. The monoisotopic (exact) mass is 259 g/mol. The molecule has 0 aliphatic carbocycles. The van der Waals surface area contributed by atoms with E-state index in [1.807, 2.05) is 20.1 Å². The molecule has 4 nitrogen and oxygen atoms in total. The summed E-state index contributed by atoms with van der Waals surface area (Å²) in [5.41, 5.74) is -1.57. The van der Waals surface area contributed by atoms with E-state index in [9.17, 15) is 9.90 Å². The van der Waals surface area contributed by atoms with Crippen LogP contribution in [0.1, 0.15) is 34.1 Å². The second kappa shape index (κ2) is 3.62. The lowest BCUT2D eigenvalue weighted by Crippen LogP contribution is -2.84. The van der Waals surface area contributed by atoms with Gasteiger partial charge in [-0.15, -0.1) is 11.8 Å². The van der Waals surface area contributed by atoms with E-state index in [1.165, 1.54) is 11.8 Å². The van der Waals surface area contributed by atoms with Crippen molar-refractivity contribution in [1.82, 2.24) is 4.90 Å². The molecule has 0 aromatic heterocycles. The lowest BCUT2D eigenvalue weighted by Gasteiger charge is -2.65. The van der Waals surface area contributed by atoms with Gasteiger partial charge < -0.3 is 14.7 Å². The molecule has 0 aromatic carbocycles. The van der Waals surface area contributed by atoms with Crippen molar-refractivity contribution in [2.45, 2.75) is 56.2 Å². The van der Waals surface area contributed by atoms with Crippen LogP contribution in [-0.2, 0) is 9.53 Å². The third kappa shape index (κ3) is 1.48. The number of carbonyl (C=O) groups excluding carboxylic acids is 1. The third-order valence-corrected chi connectivity index (χ3v) is 5.57. The van der Waals surface area contributed by atoms with Crippen LogP contribution in [0.2, 0.25) is 0 Å². The average molecular weight is 259 g/mol. The fourth-order valence-corrected chi connectivity index (χ4v) is 4.43. The molecule has 98 valence electrons. The van der Waals surface area contributed by atoms with Crippen LogP contribution in [0, 0.1) is 0 Å². The molecule has 0 aromatic rings. The number of aliphatic hydroxyl groups is 1. The molecule has 0 saturated carbocycles. The van der Waals surface area contributed by atoms with E-state index >= 15 is 0 Å².